The normalized spacial score (nSPS) is 13.6. The molecule has 0 amide bonds. The van der Waals surface area contributed by atoms with Crippen molar-refractivity contribution >= 4 is 11.9 Å². The first kappa shape index (κ1) is 15.1. The molecule has 1 aromatic rings. The second-order valence-electron chi connectivity index (χ2n) is 4.23. The Labute approximate surface area is 110 Å². The minimum absolute atomic E-state index is 0.0135. The number of rotatable bonds is 7. The van der Waals surface area contributed by atoms with E-state index < -0.39 is 17.7 Å². The lowest BCUT2D eigenvalue weighted by atomic mass is 10.1. The van der Waals surface area contributed by atoms with Crippen LogP contribution in [0.1, 0.15) is 24.8 Å². The highest BCUT2D eigenvalue weighted by atomic mass is 16.5. The van der Waals surface area contributed by atoms with Crippen molar-refractivity contribution in [1.82, 2.24) is 0 Å². The summed E-state index contributed by atoms with van der Waals surface area (Å²) < 4.78 is 4.99. The molecule has 0 unspecified atom stereocenters. The van der Waals surface area contributed by atoms with Gasteiger partial charge in [0, 0.05) is 12.8 Å². The molecule has 19 heavy (non-hydrogen) atoms. The van der Waals surface area contributed by atoms with Gasteiger partial charge in [-0.3, -0.25) is 10.5 Å². The van der Waals surface area contributed by atoms with E-state index in [1.807, 2.05) is 30.3 Å². The number of ether oxygens (including phenoxy) is 1. The molecule has 0 bridgehead atoms. The molecule has 0 spiro atoms. The van der Waals surface area contributed by atoms with Gasteiger partial charge in [-0.2, -0.15) is 0 Å². The fourth-order valence-corrected chi connectivity index (χ4v) is 1.42. The van der Waals surface area contributed by atoms with Crippen LogP contribution in [-0.4, -0.2) is 27.9 Å². The molecule has 0 aromatic heterocycles. The highest BCUT2D eigenvalue weighted by Gasteiger charge is 2.30. The predicted molar refractivity (Wildman–Crippen MR) is 66.9 cm³/mol. The van der Waals surface area contributed by atoms with Gasteiger partial charge in [-0.05, 0) is 12.0 Å². The highest BCUT2D eigenvalue weighted by molar-refractivity contribution is 5.76. The van der Waals surface area contributed by atoms with Gasteiger partial charge in [0.15, 0.2) is 0 Å². The number of esters is 1. The Bertz CT molecular complexity index is 430. The molecule has 0 radical (unpaired) electrons. The summed E-state index contributed by atoms with van der Waals surface area (Å²) in [4.78, 5) is 21.9. The van der Waals surface area contributed by atoms with Gasteiger partial charge in [0.2, 0.25) is 5.72 Å². The maximum atomic E-state index is 11.4. The molecule has 6 heteroatoms. The van der Waals surface area contributed by atoms with E-state index in [0.29, 0.717) is 0 Å². The summed E-state index contributed by atoms with van der Waals surface area (Å²) in [6.45, 7) is 0.172. The molecule has 6 nitrogen and oxygen atoms in total. The minimum atomic E-state index is -2.29. The fraction of sp³-hybridized carbons (Fsp3) is 0.385. The van der Waals surface area contributed by atoms with E-state index >= 15 is 0 Å². The Balaban J connectivity index is 2.24. The zero-order valence-corrected chi connectivity index (χ0v) is 10.4. The van der Waals surface area contributed by atoms with E-state index in [-0.39, 0.29) is 25.9 Å². The van der Waals surface area contributed by atoms with Crippen molar-refractivity contribution in [2.75, 3.05) is 0 Å². The number of hydrogen-bond acceptors (Lipinski definition) is 5. The predicted octanol–water partition coefficient (Wildman–Crippen LogP) is 0.632. The van der Waals surface area contributed by atoms with Crippen LogP contribution in [0, 0.1) is 0 Å². The van der Waals surface area contributed by atoms with Crippen molar-refractivity contribution in [2.45, 2.75) is 31.6 Å². The minimum Gasteiger partial charge on any atom is -0.478 e. The number of benzene rings is 1. The topological polar surface area (TPSA) is 110 Å². The van der Waals surface area contributed by atoms with Gasteiger partial charge in [0.05, 0.1) is 0 Å². The van der Waals surface area contributed by atoms with Crippen LogP contribution in [-0.2, 0) is 20.9 Å². The summed E-state index contributed by atoms with van der Waals surface area (Å²) in [7, 11) is 0. The summed E-state index contributed by atoms with van der Waals surface area (Å²) in [6.07, 6.45) is -0.0463. The number of carboxylic acids is 1. The second-order valence-corrected chi connectivity index (χ2v) is 4.23. The summed E-state index contributed by atoms with van der Waals surface area (Å²) >= 11 is 0. The van der Waals surface area contributed by atoms with Gasteiger partial charge < -0.3 is 14.9 Å². The average Bonchev–Trinajstić information content (AvgIpc) is 2.37. The van der Waals surface area contributed by atoms with Crippen molar-refractivity contribution in [3.63, 3.8) is 0 Å². The molecule has 0 saturated heterocycles. The van der Waals surface area contributed by atoms with Crippen LogP contribution in [0.5, 0.6) is 0 Å². The molecule has 4 N–H and O–H groups in total. The largest absolute Gasteiger partial charge is 0.478 e. The highest BCUT2D eigenvalue weighted by Crippen LogP contribution is 2.10. The van der Waals surface area contributed by atoms with Gasteiger partial charge >= 0.3 is 11.9 Å². The molecule has 1 atom stereocenters. The zero-order valence-electron chi connectivity index (χ0n) is 10.4. The van der Waals surface area contributed by atoms with Crippen LogP contribution in [0.2, 0.25) is 0 Å². The van der Waals surface area contributed by atoms with Gasteiger partial charge in [-0.1, -0.05) is 30.3 Å². The Morgan fingerprint density at radius 3 is 2.47 bits per heavy atom. The Hall–Kier alpha value is -1.92. The molecule has 0 saturated carbocycles. The first-order valence-corrected chi connectivity index (χ1v) is 5.86. The molecular formula is C13H17NO5. The molecule has 0 aliphatic rings. The summed E-state index contributed by atoms with van der Waals surface area (Å²) in [5, 5.41) is 17.8. The van der Waals surface area contributed by atoms with Crippen molar-refractivity contribution < 1.29 is 24.5 Å². The van der Waals surface area contributed by atoms with Crippen LogP contribution < -0.4 is 5.73 Å². The number of carbonyl (C=O) groups excluding carboxylic acids is 1. The van der Waals surface area contributed by atoms with E-state index in [1.165, 1.54) is 0 Å². The molecular weight excluding hydrogens is 250 g/mol. The summed E-state index contributed by atoms with van der Waals surface area (Å²) in [5.41, 5.74) is 3.69. The maximum Gasteiger partial charge on any atom is 0.350 e. The Kier molecular flexibility index (Phi) is 5.47. The van der Waals surface area contributed by atoms with Crippen molar-refractivity contribution in [1.29, 1.82) is 0 Å². The first-order valence-electron chi connectivity index (χ1n) is 5.86. The summed E-state index contributed by atoms with van der Waals surface area (Å²) in [5.74, 6) is -1.96. The number of aliphatic hydroxyl groups is 1. The maximum absolute atomic E-state index is 11.4. The molecule has 1 aromatic carbocycles. The van der Waals surface area contributed by atoms with Crippen LogP contribution >= 0.6 is 0 Å². The lowest BCUT2D eigenvalue weighted by molar-refractivity contribution is -0.159. The van der Waals surface area contributed by atoms with Gasteiger partial charge in [-0.15, -0.1) is 0 Å². The number of nitrogens with two attached hydrogens (primary N) is 1. The molecule has 0 fully saturated rings. The van der Waals surface area contributed by atoms with Gasteiger partial charge in [0.1, 0.15) is 6.61 Å². The van der Waals surface area contributed by atoms with E-state index in [9.17, 15) is 14.7 Å². The smallest absolute Gasteiger partial charge is 0.350 e. The molecule has 0 aliphatic carbocycles. The molecule has 104 valence electrons. The van der Waals surface area contributed by atoms with E-state index in [4.69, 9.17) is 15.6 Å². The van der Waals surface area contributed by atoms with E-state index in [1.54, 1.807) is 0 Å². The van der Waals surface area contributed by atoms with Gasteiger partial charge in [-0.25, -0.2) is 4.79 Å². The van der Waals surface area contributed by atoms with Crippen LogP contribution in [0.25, 0.3) is 0 Å². The van der Waals surface area contributed by atoms with Crippen molar-refractivity contribution in [3.05, 3.63) is 35.9 Å². The van der Waals surface area contributed by atoms with Crippen LogP contribution in [0.4, 0.5) is 0 Å². The fourth-order valence-electron chi connectivity index (χ4n) is 1.42. The third-order valence-corrected chi connectivity index (χ3v) is 2.55. The SMILES string of the molecule is N[C@@](O)(CCCC(=O)OCc1ccccc1)C(=O)O. The van der Waals surface area contributed by atoms with Gasteiger partial charge in [0.25, 0.3) is 0 Å². The Morgan fingerprint density at radius 1 is 1.26 bits per heavy atom. The lowest BCUT2D eigenvalue weighted by Crippen LogP contribution is -2.47. The zero-order chi connectivity index (χ0) is 14.3. The third kappa shape index (κ3) is 5.50. The molecule has 0 aliphatic heterocycles. The third-order valence-electron chi connectivity index (χ3n) is 2.55. The quantitative estimate of drug-likeness (QED) is 0.494. The van der Waals surface area contributed by atoms with E-state index in [2.05, 4.69) is 0 Å². The second kappa shape index (κ2) is 6.86. The Morgan fingerprint density at radius 2 is 1.89 bits per heavy atom. The lowest BCUT2D eigenvalue weighted by Gasteiger charge is -2.16. The number of hydrogen-bond donors (Lipinski definition) is 3. The molecule has 0 heterocycles. The first-order chi connectivity index (χ1) is 8.92. The monoisotopic (exact) mass is 267 g/mol. The summed E-state index contributed by atoms with van der Waals surface area (Å²) in [6, 6.07) is 9.20. The average molecular weight is 267 g/mol. The number of carbonyl (C=O) groups is 2. The van der Waals surface area contributed by atoms with Crippen molar-refractivity contribution in [3.8, 4) is 0 Å². The number of carboxylic acid groups (broad SMARTS) is 1. The standard InChI is InChI=1S/C13H17NO5/c14-13(18,12(16)17)8-4-7-11(15)19-9-10-5-2-1-3-6-10/h1-3,5-6,18H,4,7-9,14H2,(H,16,17)/t13-/m1/s1. The van der Waals surface area contributed by atoms with Crippen LogP contribution in [0.15, 0.2) is 30.3 Å². The number of aliphatic carboxylic acids is 1. The van der Waals surface area contributed by atoms with Crippen LogP contribution in [0.3, 0.4) is 0 Å². The van der Waals surface area contributed by atoms with Crippen molar-refractivity contribution in [2.24, 2.45) is 5.73 Å². The molecule has 1 rings (SSSR count). The van der Waals surface area contributed by atoms with E-state index in [0.717, 1.165) is 5.56 Å².